The summed E-state index contributed by atoms with van der Waals surface area (Å²) in [7, 11) is 2.06. The quantitative estimate of drug-likeness (QED) is 0.730. The molecular weight excluding hydrogens is 382 g/mol. The lowest BCUT2D eigenvalue weighted by molar-refractivity contribution is -0.145. The average Bonchev–Trinajstić information content (AvgIpc) is 2.67. The van der Waals surface area contributed by atoms with Crippen molar-refractivity contribution in [1.82, 2.24) is 20.0 Å². The van der Waals surface area contributed by atoms with Crippen LogP contribution in [0.4, 0.5) is 5.69 Å². The van der Waals surface area contributed by atoms with Crippen molar-refractivity contribution in [2.75, 3.05) is 58.2 Å². The molecule has 2 heterocycles. The maximum Gasteiger partial charge on any atom is 0.243 e. The highest BCUT2D eigenvalue weighted by molar-refractivity contribution is 6.30. The van der Waals surface area contributed by atoms with E-state index in [2.05, 4.69) is 27.5 Å². The molecule has 3 amide bonds. The molecule has 0 unspecified atom stereocenters. The van der Waals surface area contributed by atoms with Crippen LogP contribution in [0, 0.1) is 0 Å². The van der Waals surface area contributed by atoms with Crippen LogP contribution in [0.1, 0.15) is 6.42 Å². The molecule has 8 nitrogen and oxygen atoms in total. The zero-order chi connectivity index (χ0) is 20.1. The smallest absolute Gasteiger partial charge is 0.243 e. The molecule has 0 bridgehead atoms. The molecule has 2 aliphatic rings. The lowest BCUT2D eigenvalue weighted by atomic mass is 10.1. The summed E-state index contributed by atoms with van der Waals surface area (Å²) in [5.41, 5.74) is 0.598. The number of amides is 3. The number of likely N-dealkylation sites (N-methyl/N-ethyl adjacent to an activating group) is 1. The number of piperazine rings is 2. The fourth-order valence-corrected chi connectivity index (χ4v) is 3.55. The van der Waals surface area contributed by atoms with Crippen molar-refractivity contribution in [1.29, 1.82) is 0 Å². The van der Waals surface area contributed by atoms with Crippen molar-refractivity contribution >= 4 is 35.0 Å². The number of hydrogen-bond acceptors (Lipinski definition) is 5. The Morgan fingerprint density at radius 1 is 1.14 bits per heavy atom. The van der Waals surface area contributed by atoms with E-state index in [9.17, 15) is 14.4 Å². The van der Waals surface area contributed by atoms with Gasteiger partial charge in [-0.3, -0.25) is 19.3 Å². The number of nitrogens with zero attached hydrogens (tertiary/aromatic N) is 3. The molecule has 1 atom stereocenters. The lowest BCUT2D eigenvalue weighted by Gasteiger charge is -2.37. The standard InChI is InChI=1S/C19H26ClN5O3/c1-23-8-10-24(11-9-23)13-18(27)25-7-6-21-19(28)16(25)12-17(26)22-15-4-2-14(20)3-5-15/h2-5,16H,6-13H2,1H3,(H,21,28)(H,22,26)/t16-/m1/s1. The van der Waals surface area contributed by atoms with E-state index in [1.807, 2.05) is 0 Å². The molecule has 1 aromatic carbocycles. The van der Waals surface area contributed by atoms with E-state index in [-0.39, 0.29) is 30.7 Å². The summed E-state index contributed by atoms with van der Waals surface area (Å²) < 4.78 is 0. The highest BCUT2D eigenvalue weighted by Gasteiger charge is 2.35. The first-order valence-corrected chi connectivity index (χ1v) is 9.83. The van der Waals surface area contributed by atoms with E-state index in [4.69, 9.17) is 11.6 Å². The van der Waals surface area contributed by atoms with E-state index < -0.39 is 6.04 Å². The molecule has 0 radical (unpaired) electrons. The van der Waals surface area contributed by atoms with Crippen molar-refractivity contribution in [3.8, 4) is 0 Å². The number of halogens is 1. The minimum Gasteiger partial charge on any atom is -0.353 e. The van der Waals surface area contributed by atoms with Crippen LogP contribution in [0.2, 0.25) is 5.02 Å². The average molecular weight is 408 g/mol. The van der Waals surface area contributed by atoms with Gasteiger partial charge >= 0.3 is 0 Å². The Bertz CT molecular complexity index is 719. The van der Waals surface area contributed by atoms with Crippen molar-refractivity contribution < 1.29 is 14.4 Å². The van der Waals surface area contributed by atoms with Crippen LogP contribution in [-0.4, -0.2) is 91.3 Å². The summed E-state index contributed by atoms with van der Waals surface area (Å²) in [4.78, 5) is 43.5. The molecule has 0 aliphatic carbocycles. The number of hydrogen-bond donors (Lipinski definition) is 2. The SMILES string of the molecule is CN1CCN(CC(=O)N2CCNC(=O)[C@H]2CC(=O)Nc2ccc(Cl)cc2)CC1. The molecule has 28 heavy (non-hydrogen) atoms. The maximum atomic E-state index is 12.8. The first-order chi connectivity index (χ1) is 13.4. The molecule has 3 rings (SSSR count). The molecule has 2 N–H and O–H groups in total. The van der Waals surface area contributed by atoms with Crippen LogP contribution in [0.25, 0.3) is 0 Å². The Morgan fingerprint density at radius 3 is 2.50 bits per heavy atom. The summed E-state index contributed by atoms with van der Waals surface area (Å²) in [5.74, 6) is -0.713. The molecule has 2 fully saturated rings. The summed E-state index contributed by atoms with van der Waals surface area (Å²) in [6, 6.07) is 5.95. The van der Waals surface area contributed by atoms with Gasteiger partial charge in [0.05, 0.1) is 13.0 Å². The van der Waals surface area contributed by atoms with Crippen LogP contribution in [0.3, 0.4) is 0 Å². The molecule has 1 aromatic rings. The molecule has 0 spiro atoms. The second-order valence-electron chi connectivity index (χ2n) is 7.23. The van der Waals surface area contributed by atoms with Gasteiger partial charge in [0, 0.05) is 50.0 Å². The Kier molecular flexibility index (Phi) is 6.88. The van der Waals surface area contributed by atoms with Crippen molar-refractivity contribution in [3.63, 3.8) is 0 Å². The Labute approximate surface area is 169 Å². The van der Waals surface area contributed by atoms with Gasteiger partial charge in [0.1, 0.15) is 6.04 Å². The first-order valence-electron chi connectivity index (χ1n) is 9.46. The summed E-state index contributed by atoms with van der Waals surface area (Å²) in [5, 5.41) is 6.08. The second-order valence-corrected chi connectivity index (χ2v) is 7.67. The largest absolute Gasteiger partial charge is 0.353 e. The number of carbonyl (C=O) groups is 3. The third kappa shape index (κ3) is 5.43. The number of anilines is 1. The molecular formula is C19H26ClN5O3. The monoisotopic (exact) mass is 407 g/mol. The number of nitrogens with one attached hydrogen (secondary N) is 2. The van der Waals surface area contributed by atoms with Gasteiger partial charge in [-0.25, -0.2) is 0 Å². The predicted octanol–water partition coefficient (Wildman–Crippen LogP) is 0.243. The van der Waals surface area contributed by atoms with Crippen molar-refractivity contribution in [2.24, 2.45) is 0 Å². The van der Waals surface area contributed by atoms with Crippen LogP contribution < -0.4 is 10.6 Å². The van der Waals surface area contributed by atoms with Crippen molar-refractivity contribution in [2.45, 2.75) is 12.5 Å². The van der Waals surface area contributed by atoms with Gasteiger partial charge in [-0.1, -0.05) is 11.6 Å². The molecule has 0 aromatic heterocycles. The van der Waals surface area contributed by atoms with E-state index in [0.29, 0.717) is 23.8 Å². The Morgan fingerprint density at radius 2 is 1.82 bits per heavy atom. The fourth-order valence-electron chi connectivity index (χ4n) is 3.43. The van der Waals surface area contributed by atoms with E-state index >= 15 is 0 Å². The minimum absolute atomic E-state index is 0.0804. The maximum absolute atomic E-state index is 12.8. The number of benzene rings is 1. The third-order valence-corrected chi connectivity index (χ3v) is 5.36. The van der Waals surface area contributed by atoms with E-state index in [0.717, 1.165) is 26.2 Å². The van der Waals surface area contributed by atoms with Crippen LogP contribution >= 0.6 is 11.6 Å². The van der Waals surface area contributed by atoms with Crippen LogP contribution in [0.5, 0.6) is 0 Å². The fraction of sp³-hybridized carbons (Fsp3) is 0.526. The zero-order valence-corrected chi connectivity index (χ0v) is 16.7. The number of carbonyl (C=O) groups excluding carboxylic acids is 3. The number of rotatable bonds is 5. The van der Waals surface area contributed by atoms with Gasteiger partial charge in [-0.05, 0) is 31.3 Å². The Balaban J connectivity index is 1.59. The second kappa shape index (κ2) is 9.36. The van der Waals surface area contributed by atoms with Crippen molar-refractivity contribution in [3.05, 3.63) is 29.3 Å². The topological polar surface area (TPSA) is 85.0 Å². The van der Waals surface area contributed by atoms with Crippen LogP contribution in [0.15, 0.2) is 24.3 Å². The van der Waals surface area contributed by atoms with Gasteiger partial charge in [-0.15, -0.1) is 0 Å². The van der Waals surface area contributed by atoms with Gasteiger partial charge in [0.25, 0.3) is 0 Å². The third-order valence-electron chi connectivity index (χ3n) is 5.11. The van der Waals surface area contributed by atoms with Gasteiger partial charge < -0.3 is 20.4 Å². The lowest BCUT2D eigenvalue weighted by Crippen LogP contribution is -2.60. The first kappa shape index (κ1) is 20.6. The highest BCUT2D eigenvalue weighted by Crippen LogP contribution is 2.16. The predicted molar refractivity (Wildman–Crippen MR) is 107 cm³/mol. The summed E-state index contributed by atoms with van der Waals surface area (Å²) in [6.07, 6.45) is -0.0804. The van der Waals surface area contributed by atoms with Gasteiger partial charge in [0.2, 0.25) is 17.7 Å². The van der Waals surface area contributed by atoms with Gasteiger partial charge in [-0.2, -0.15) is 0 Å². The van der Waals surface area contributed by atoms with E-state index in [1.54, 1.807) is 29.2 Å². The summed E-state index contributed by atoms with van der Waals surface area (Å²) >= 11 is 5.85. The molecule has 0 saturated carbocycles. The normalized spacial score (nSPS) is 21.3. The molecule has 2 saturated heterocycles. The Hall–Kier alpha value is -2.16. The highest BCUT2D eigenvalue weighted by atomic mass is 35.5. The van der Waals surface area contributed by atoms with Gasteiger partial charge in [0.15, 0.2) is 0 Å². The summed E-state index contributed by atoms with van der Waals surface area (Å²) in [6.45, 7) is 4.58. The molecule has 2 aliphatic heterocycles. The van der Waals surface area contributed by atoms with E-state index in [1.165, 1.54) is 0 Å². The molecule has 9 heteroatoms. The minimum atomic E-state index is -0.791. The van der Waals surface area contributed by atoms with Crippen LogP contribution in [-0.2, 0) is 14.4 Å². The molecule has 152 valence electrons. The zero-order valence-electron chi connectivity index (χ0n) is 16.0.